The first-order valence-corrected chi connectivity index (χ1v) is 6.81. The van der Waals surface area contributed by atoms with Gasteiger partial charge in [-0.05, 0) is 13.0 Å². The van der Waals surface area contributed by atoms with E-state index < -0.39 is 0 Å². The van der Waals surface area contributed by atoms with Gasteiger partial charge in [0.2, 0.25) is 0 Å². The zero-order valence-corrected chi connectivity index (χ0v) is 12.8. The predicted molar refractivity (Wildman–Crippen MR) is 84.4 cm³/mol. The molecule has 0 aliphatic carbocycles. The van der Waals surface area contributed by atoms with Crippen LogP contribution in [0.15, 0.2) is 18.3 Å². The molecule has 0 unspecified atom stereocenters. The number of fused-ring (bicyclic) bond motifs is 1. The molecule has 0 spiro atoms. The summed E-state index contributed by atoms with van der Waals surface area (Å²) in [7, 11) is 3.07. The minimum Gasteiger partial charge on any atom is -0.493 e. The molecule has 1 aromatic carbocycles. The molecule has 0 radical (unpaired) electrons. The molecule has 22 heavy (non-hydrogen) atoms. The van der Waals surface area contributed by atoms with E-state index >= 15 is 0 Å². The third kappa shape index (κ3) is 2.98. The van der Waals surface area contributed by atoms with Crippen LogP contribution in [0, 0.1) is 0 Å². The zero-order chi connectivity index (χ0) is 16.1. The highest BCUT2D eigenvalue weighted by molar-refractivity contribution is 6.05. The fourth-order valence-electron chi connectivity index (χ4n) is 2.20. The Balaban J connectivity index is 2.50. The molecule has 0 bridgehead atoms. The number of methoxy groups -OCH3 is 2. The van der Waals surface area contributed by atoms with Crippen LogP contribution in [0.5, 0.6) is 11.5 Å². The molecule has 0 amide bonds. The fourth-order valence-corrected chi connectivity index (χ4v) is 2.20. The van der Waals surface area contributed by atoms with Crippen molar-refractivity contribution in [1.29, 1.82) is 0 Å². The Morgan fingerprint density at radius 3 is 2.77 bits per heavy atom. The molecule has 7 heteroatoms. The van der Waals surface area contributed by atoms with E-state index in [9.17, 15) is 4.79 Å². The Hall–Kier alpha value is -2.70. The first kappa shape index (κ1) is 15.7. The first-order chi connectivity index (χ1) is 10.6. The van der Waals surface area contributed by atoms with E-state index in [1.54, 1.807) is 25.3 Å². The maximum Gasteiger partial charge on any atom is 0.325 e. The number of nitrogens with two attached hydrogens (primary N) is 1. The second kappa shape index (κ2) is 6.84. The van der Waals surface area contributed by atoms with E-state index in [1.165, 1.54) is 14.2 Å². The third-order valence-corrected chi connectivity index (χ3v) is 3.13. The summed E-state index contributed by atoms with van der Waals surface area (Å²) in [6.07, 6.45) is 1.61. The molecule has 0 aliphatic rings. The van der Waals surface area contributed by atoms with Gasteiger partial charge in [0.05, 0.1) is 26.2 Å². The zero-order valence-electron chi connectivity index (χ0n) is 12.8. The van der Waals surface area contributed by atoms with Crippen LogP contribution in [0.2, 0.25) is 0 Å². The fraction of sp³-hybridized carbons (Fsp3) is 0.333. The number of hydrogen-bond donors (Lipinski definition) is 2. The molecule has 3 N–H and O–H groups in total. The van der Waals surface area contributed by atoms with Gasteiger partial charge in [0.15, 0.2) is 11.5 Å². The number of aromatic nitrogens is 1. The summed E-state index contributed by atoms with van der Waals surface area (Å²) in [6, 6.07) is 3.47. The van der Waals surface area contributed by atoms with Gasteiger partial charge in [0.1, 0.15) is 12.4 Å². The quantitative estimate of drug-likeness (QED) is 0.620. The van der Waals surface area contributed by atoms with Crippen molar-refractivity contribution in [2.75, 3.05) is 38.4 Å². The summed E-state index contributed by atoms with van der Waals surface area (Å²) < 4.78 is 15.6. The summed E-state index contributed by atoms with van der Waals surface area (Å²) in [5.74, 6) is 1.12. The molecule has 0 saturated carbocycles. The summed E-state index contributed by atoms with van der Waals surface area (Å²) in [6.45, 7) is 2.08. The predicted octanol–water partition coefficient (Wildman–Crippen LogP) is 1.81. The molecule has 0 fully saturated rings. The van der Waals surface area contributed by atoms with Crippen LogP contribution in [0.1, 0.15) is 6.92 Å². The monoisotopic (exact) mass is 305 g/mol. The normalized spacial score (nSPS) is 10.3. The van der Waals surface area contributed by atoms with E-state index in [4.69, 9.17) is 19.9 Å². The molecule has 1 heterocycles. The van der Waals surface area contributed by atoms with Crippen molar-refractivity contribution in [3.63, 3.8) is 0 Å². The molecule has 118 valence electrons. The molecule has 7 nitrogen and oxygen atoms in total. The Bertz CT molecular complexity index is 688. The molecule has 2 aromatic rings. The van der Waals surface area contributed by atoms with Crippen LogP contribution < -0.4 is 20.5 Å². The second-order valence-corrected chi connectivity index (χ2v) is 4.44. The summed E-state index contributed by atoms with van der Waals surface area (Å²) in [5.41, 5.74) is 6.58. The molecule has 0 saturated heterocycles. The van der Waals surface area contributed by atoms with Crippen molar-refractivity contribution < 1.29 is 19.0 Å². The summed E-state index contributed by atoms with van der Waals surface area (Å²) in [5, 5.41) is 4.37. The van der Waals surface area contributed by atoms with Crippen LogP contribution in [0.25, 0.3) is 10.8 Å². The van der Waals surface area contributed by atoms with E-state index in [0.29, 0.717) is 35.0 Å². The van der Waals surface area contributed by atoms with Gasteiger partial charge in [-0.3, -0.25) is 4.79 Å². The van der Waals surface area contributed by atoms with Gasteiger partial charge in [-0.2, -0.15) is 0 Å². The number of benzene rings is 1. The summed E-state index contributed by atoms with van der Waals surface area (Å²) in [4.78, 5) is 15.8. The number of nitrogens with one attached hydrogen (secondary N) is 1. The Kier molecular flexibility index (Phi) is 4.88. The van der Waals surface area contributed by atoms with E-state index in [-0.39, 0.29) is 12.5 Å². The number of esters is 1. The van der Waals surface area contributed by atoms with Crippen molar-refractivity contribution in [3.8, 4) is 11.5 Å². The standard InChI is InChI=1S/C15H19N3O4/c1-4-22-12(19)8-18-15-13-9(5-6-17-15)10(16)7-11(20-2)14(13)21-3/h5-7H,4,8,16H2,1-3H3,(H,17,18). The first-order valence-electron chi connectivity index (χ1n) is 6.81. The highest BCUT2D eigenvalue weighted by Crippen LogP contribution is 2.41. The van der Waals surface area contributed by atoms with Crippen molar-refractivity contribution in [2.45, 2.75) is 6.92 Å². The van der Waals surface area contributed by atoms with Gasteiger partial charge in [0, 0.05) is 23.3 Å². The number of anilines is 2. The topological polar surface area (TPSA) is 95.7 Å². The average molecular weight is 305 g/mol. The van der Waals surface area contributed by atoms with Crippen LogP contribution in [-0.4, -0.2) is 38.3 Å². The van der Waals surface area contributed by atoms with Gasteiger partial charge in [-0.1, -0.05) is 0 Å². The Morgan fingerprint density at radius 2 is 2.14 bits per heavy atom. The minimum absolute atomic E-state index is 0.000220. The Morgan fingerprint density at radius 1 is 1.36 bits per heavy atom. The van der Waals surface area contributed by atoms with Gasteiger partial charge >= 0.3 is 5.97 Å². The van der Waals surface area contributed by atoms with Crippen molar-refractivity contribution in [2.24, 2.45) is 0 Å². The molecular formula is C15H19N3O4. The largest absolute Gasteiger partial charge is 0.493 e. The smallest absolute Gasteiger partial charge is 0.325 e. The average Bonchev–Trinajstić information content (AvgIpc) is 2.53. The lowest BCUT2D eigenvalue weighted by molar-refractivity contribution is -0.140. The van der Waals surface area contributed by atoms with Gasteiger partial charge in [-0.15, -0.1) is 0 Å². The van der Waals surface area contributed by atoms with E-state index in [1.807, 2.05) is 0 Å². The van der Waals surface area contributed by atoms with Gasteiger partial charge in [0.25, 0.3) is 0 Å². The lowest BCUT2D eigenvalue weighted by Gasteiger charge is -2.15. The molecule has 1 aromatic heterocycles. The molecule has 0 atom stereocenters. The lowest BCUT2D eigenvalue weighted by atomic mass is 10.1. The highest BCUT2D eigenvalue weighted by atomic mass is 16.5. The molecule has 0 aliphatic heterocycles. The second-order valence-electron chi connectivity index (χ2n) is 4.44. The number of nitrogen functional groups attached to an aromatic ring is 1. The minimum atomic E-state index is -0.365. The van der Waals surface area contributed by atoms with Crippen molar-refractivity contribution in [1.82, 2.24) is 4.98 Å². The number of ether oxygens (including phenoxy) is 3. The number of carbonyl (C=O) groups excluding carboxylic acids is 1. The van der Waals surface area contributed by atoms with Crippen molar-refractivity contribution in [3.05, 3.63) is 18.3 Å². The lowest BCUT2D eigenvalue weighted by Crippen LogP contribution is -2.17. The van der Waals surface area contributed by atoms with Gasteiger partial charge in [-0.25, -0.2) is 4.98 Å². The van der Waals surface area contributed by atoms with Crippen molar-refractivity contribution >= 4 is 28.2 Å². The van der Waals surface area contributed by atoms with Crippen LogP contribution in [0.4, 0.5) is 11.5 Å². The number of rotatable bonds is 6. The number of pyridine rings is 1. The summed E-state index contributed by atoms with van der Waals surface area (Å²) >= 11 is 0. The van der Waals surface area contributed by atoms with Crippen LogP contribution >= 0.6 is 0 Å². The van der Waals surface area contributed by atoms with Crippen LogP contribution in [-0.2, 0) is 9.53 Å². The maximum absolute atomic E-state index is 11.5. The number of nitrogens with zero attached hydrogens (tertiary/aromatic N) is 1. The maximum atomic E-state index is 11.5. The number of carbonyl (C=O) groups is 1. The highest BCUT2D eigenvalue weighted by Gasteiger charge is 2.17. The molecule has 2 rings (SSSR count). The third-order valence-electron chi connectivity index (χ3n) is 3.13. The molecular weight excluding hydrogens is 286 g/mol. The van der Waals surface area contributed by atoms with Gasteiger partial charge < -0.3 is 25.3 Å². The Labute approximate surface area is 128 Å². The van der Waals surface area contributed by atoms with E-state index in [0.717, 1.165) is 5.39 Å². The van der Waals surface area contributed by atoms with E-state index in [2.05, 4.69) is 10.3 Å². The number of hydrogen-bond acceptors (Lipinski definition) is 7. The van der Waals surface area contributed by atoms with Crippen LogP contribution in [0.3, 0.4) is 0 Å². The SMILES string of the molecule is CCOC(=O)CNc1nccc2c(N)cc(OC)c(OC)c12.